The Morgan fingerprint density at radius 2 is 1.60 bits per heavy atom. The van der Waals surface area contributed by atoms with Crippen LogP contribution >= 0.6 is 0 Å². The van der Waals surface area contributed by atoms with Gasteiger partial charge in [-0.25, -0.2) is 4.90 Å². The number of hydrogen-bond donors (Lipinski definition) is 0. The second kappa shape index (κ2) is 2.75. The van der Waals surface area contributed by atoms with Gasteiger partial charge in [0.05, 0.1) is 13.2 Å². The first kappa shape index (κ1) is 7.81. The first-order valence-electron chi connectivity index (χ1n) is 3.00. The van der Waals surface area contributed by atoms with Crippen molar-refractivity contribution in [2.24, 2.45) is 0 Å². The molecule has 0 saturated carbocycles. The summed E-state index contributed by atoms with van der Waals surface area (Å²) in [6.45, 7) is 0.284. The molecule has 0 atom stereocenters. The number of halogens is 3. The molecule has 0 unspecified atom stereocenters. The maximum absolute atomic E-state index is 11.8. The molecule has 1 saturated heterocycles. The Hall–Kier alpha value is -0.290. The highest BCUT2D eigenvalue weighted by molar-refractivity contribution is 4.63. The Morgan fingerprint density at radius 1 is 1.10 bits per heavy atom. The van der Waals surface area contributed by atoms with Crippen molar-refractivity contribution in [3.8, 4) is 0 Å². The summed E-state index contributed by atoms with van der Waals surface area (Å²) < 4.78 is 40.2. The number of ether oxygens (including phenoxy) is 1. The highest BCUT2D eigenvalue weighted by Crippen LogP contribution is 2.21. The van der Waals surface area contributed by atoms with Crippen molar-refractivity contribution < 1.29 is 17.9 Å². The third-order valence-corrected chi connectivity index (χ3v) is 1.37. The van der Waals surface area contributed by atoms with Crippen molar-refractivity contribution in [2.75, 3.05) is 26.3 Å². The van der Waals surface area contributed by atoms with Crippen LogP contribution in [0.15, 0.2) is 0 Å². The van der Waals surface area contributed by atoms with Gasteiger partial charge in [0.15, 0.2) is 0 Å². The molecule has 0 bridgehead atoms. The van der Waals surface area contributed by atoms with Gasteiger partial charge in [-0.1, -0.05) is 0 Å². The van der Waals surface area contributed by atoms with Crippen LogP contribution in [0.25, 0.3) is 0 Å². The first-order chi connectivity index (χ1) is 4.61. The van der Waals surface area contributed by atoms with Gasteiger partial charge in [0.2, 0.25) is 0 Å². The fourth-order valence-electron chi connectivity index (χ4n) is 0.817. The third-order valence-electron chi connectivity index (χ3n) is 1.37. The summed E-state index contributed by atoms with van der Waals surface area (Å²) in [6, 6.07) is 0. The van der Waals surface area contributed by atoms with Gasteiger partial charge in [-0.3, -0.25) is 0 Å². The van der Waals surface area contributed by atoms with Crippen LogP contribution in [-0.2, 0) is 4.74 Å². The van der Waals surface area contributed by atoms with E-state index >= 15 is 0 Å². The minimum absolute atomic E-state index is 0.0382. The molecule has 1 aliphatic heterocycles. The summed E-state index contributed by atoms with van der Waals surface area (Å²) in [5, 5.41) is 0. The molecule has 0 radical (unpaired) electrons. The summed E-state index contributed by atoms with van der Waals surface area (Å²) in [7, 11) is 0. The van der Waals surface area contributed by atoms with E-state index < -0.39 is 6.30 Å². The molecule has 1 fully saturated rings. The van der Waals surface area contributed by atoms with E-state index in [0.717, 1.165) is 0 Å². The predicted octanol–water partition coefficient (Wildman–Crippen LogP) is 0.838. The second-order valence-electron chi connectivity index (χ2n) is 2.07. The van der Waals surface area contributed by atoms with E-state index in [4.69, 9.17) is 4.74 Å². The van der Waals surface area contributed by atoms with E-state index in [1.54, 1.807) is 0 Å². The summed E-state index contributed by atoms with van der Waals surface area (Å²) in [5.74, 6) is 0. The van der Waals surface area contributed by atoms with Crippen LogP contribution in [0.1, 0.15) is 0 Å². The summed E-state index contributed by atoms with van der Waals surface area (Å²) in [6.07, 6.45) is -4.18. The lowest BCUT2D eigenvalue weighted by atomic mass is 10.4. The maximum Gasteiger partial charge on any atom is 0.460 e. The van der Waals surface area contributed by atoms with Crippen LogP contribution < -0.4 is 0 Å². The minimum atomic E-state index is -4.18. The van der Waals surface area contributed by atoms with Crippen molar-refractivity contribution in [3.05, 3.63) is 0 Å². The number of nitrogens with zero attached hydrogens (tertiary/aromatic N) is 1. The molecule has 0 N–H and O–H groups in total. The Bertz CT molecular complexity index is 108. The summed E-state index contributed by atoms with van der Waals surface area (Å²) in [4.78, 5) is 0.455. The molecule has 5 heteroatoms. The largest absolute Gasteiger partial charge is 0.460 e. The normalized spacial score (nSPS) is 23.1. The van der Waals surface area contributed by atoms with Crippen LogP contribution in [0, 0.1) is 0 Å². The van der Waals surface area contributed by atoms with Gasteiger partial charge in [0.25, 0.3) is 0 Å². The molecule has 60 valence electrons. The lowest BCUT2D eigenvalue weighted by Gasteiger charge is -2.28. The van der Waals surface area contributed by atoms with Crippen LogP contribution in [0.4, 0.5) is 13.2 Å². The molecule has 1 aliphatic rings. The monoisotopic (exact) mass is 155 g/mol. The highest BCUT2D eigenvalue weighted by Gasteiger charge is 2.37. The Labute approximate surface area is 56.6 Å². The fourth-order valence-corrected chi connectivity index (χ4v) is 0.817. The lowest BCUT2D eigenvalue weighted by Crippen LogP contribution is -2.45. The smallest absolute Gasteiger partial charge is 0.379 e. The van der Waals surface area contributed by atoms with Gasteiger partial charge >= 0.3 is 6.30 Å². The summed E-state index contributed by atoms with van der Waals surface area (Å²) >= 11 is 0. The minimum Gasteiger partial charge on any atom is -0.379 e. The Balaban J connectivity index is 2.39. The van der Waals surface area contributed by atoms with E-state index in [9.17, 15) is 13.2 Å². The van der Waals surface area contributed by atoms with Gasteiger partial charge in [0, 0.05) is 13.1 Å². The van der Waals surface area contributed by atoms with Gasteiger partial charge in [0.1, 0.15) is 0 Å². The fraction of sp³-hybridized carbons (Fsp3) is 1.00. The molecule has 2 nitrogen and oxygen atoms in total. The van der Waals surface area contributed by atoms with Crippen molar-refractivity contribution in [1.82, 2.24) is 4.90 Å². The molecule has 10 heavy (non-hydrogen) atoms. The van der Waals surface area contributed by atoms with E-state index in [1.807, 2.05) is 0 Å². The standard InChI is InChI=1S/C5H8F3NO/c6-5(7,8)9-1-3-10-4-2-9/h1-4H2. The SMILES string of the molecule is FC(F)(F)N1CCOCC1. The van der Waals surface area contributed by atoms with Crippen LogP contribution in [0.3, 0.4) is 0 Å². The van der Waals surface area contributed by atoms with Crippen LogP contribution in [-0.4, -0.2) is 37.5 Å². The highest BCUT2D eigenvalue weighted by atomic mass is 19.4. The number of morpholine rings is 1. The molecule has 0 aromatic rings. The van der Waals surface area contributed by atoms with Crippen molar-refractivity contribution >= 4 is 0 Å². The molecule has 1 heterocycles. The summed E-state index contributed by atoms with van der Waals surface area (Å²) in [5.41, 5.74) is 0. The van der Waals surface area contributed by atoms with Gasteiger partial charge in [-0.2, -0.15) is 13.2 Å². The third kappa shape index (κ3) is 1.85. The molecule has 0 amide bonds. The van der Waals surface area contributed by atoms with Gasteiger partial charge in [-0.15, -0.1) is 0 Å². The van der Waals surface area contributed by atoms with Crippen LogP contribution in [0.5, 0.6) is 0 Å². The average Bonchev–Trinajstić information content (AvgIpc) is 1.88. The van der Waals surface area contributed by atoms with Gasteiger partial charge < -0.3 is 4.74 Å². The first-order valence-corrected chi connectivity index (χ1v) is 3.00. The number of rotatable bonds is 0. The zero-order valence-corrected chi connectivity index (χ0v) is 5.32. The average molecular weight is 155 g/mol. The van der Waals surface area contributed by atoms with Gasteiger partial charge in [-0.05, 0) is 0 Å². The zero-order chi connectivity index (χ0) is 7.61. The quantitative estimate of drug-likeness (QED) is 0.480. The maximum atomic E-state index is 11.8. The molecular weight excluding hydrogens is 147 g/mol. The lowest BCUT2D eigenvalue weighted by molar-refractivity contribution is -0.259. The van der Waals surface area contributed by atoms with E-state index in [-0.39, 0.29) is 26.3 Å². The van der Waals surface area contributed by atoms with Crippen molar-refractivity contribution in [2.45, 2.75) is 6.30 Å². The molecule has 0 spiro atoms. The second-order valence-corrected chi connectivity index (χ2v) is 2.07. The molecule has 0 aromatic heterocycles. The molecule has 0 aliphatic carbocycles. The zero-order valence-electron chi connectivity index (χ0n) is 5.32. The topological polar surface area (TPSA) is 12.5 Å². The van der Waals surface area contributed by atoms with E-state index in [0.29, 0.717) is 4.90 Å². The van der Waals surface area contributed by atoms with Crippen molar-refractivity contribution in [1.29, 1.82) is 0 Å². The number of alkyl halides is 3. The molecular formula is C5H8F3NO. The van der Waals surface area contributed by atoms with Crippen LogP contribution in [0.2, 0.25) is 0 Å². The van der Waals surface area contributed by atoms with E-state index in [2.05, 4.69) is 0 Å². The molecule has 0 aromatic carbocycles. The number of hydrogen-bond acceptors (Lipinski definition) is 2. The Kier molecular flexibility index (Phi) is 2.15. The predicted molar refractivity (Wildman–Crippen MR) is 28.4 cm³/mol. The van der Waals surface area contributed by atoms with E-state index in [1.165, 1.54) is 0 Å². The Morgan fingerprint density at radius 3 is 1.90 bits per heavy atom. The van der Waals surface area contributed by atoms with Crippen molar-refractivity contribution in [3.63, 3.8) is 0 Å². The molecule has 1 rings (SSSR count).